The molecule has 0 saturated carbocycles. The summed E-state index contributed by atoms with van der Waals surface area (Å²) >= 11 is 0. The lowest BCUT2D eigenvalue weighted by molar-refractivity contribution is -0.153. The van der Waals surface area contributed by atoms with Gasteiger partial charge in [0.15, 0.2) is 13.2 Å². The van der Waals surface area contributed by atoms with Gasteiger partial charge in [-0.25, -0.2) is 0 Å². The van der Waals surface area contributed by atoms with E-state index in [1.165, 1.54) is 51.4 Å². The Labute approximate surface area is 320 Å². The summed E-state index contributed by atoms with van der Waals surface area (Å²) in [5, 5.41) is 0. The molecule has 0 aliphatic rings. The van der Waals surface area contributed by atoms with Crippen LogP contribution in [-0.2, 0) is 28.6 Å². The van der Waals surface area contributed by atoms with E-state index in [1.807, 2.05) is 41.8 Å². The molecule has 7 nitrogen and oxygen atoms in total. The van der Waals surface area contributed by atoms with E-state index in [2.05, 4.69) is 42.4 Å². The number of rotatable bonds is 31. The number of hydrogen-bond donors (Lipinski definition) is 0. The Kier molecular flexibility index (Phi) is 30.4. The van der Waals surface area contributed by atoms with E-state index >= 15 is 0 Å². The smallest absolute Gasteiger partial charge is 0.312 e. The van der Waals surface area contributed by atoms with Gasteiger partial charge in [-0.1, -0.05) is 115 Å². The minimum absolute atomic E-state index is 0.113. The molecular weight excluding hydrogens is 650 g/mol. The van der Waals surface area contributed by atoms with Crippen LogP contribution in [0, 0.1) is 34.5 Å². The van der Waals surface area contributed by atoms with E-state index in [9.17, 15) is 14.4 Å². The molecule has 0 rings (SSSR count). The summed E-state index contributed by atoms with van der Waals surface area (Å²) in [6.07, 6.45) is 23.8. The summed E-state index contributed by atoms with van der Waals surface area (Å²) in [5.41, 5.74) is -1.11. The van der Waals surface area contributed by atoms with Crippen molar-refractivity contribution in [2.75, 3.05) is 33.9 Å². The van der Waals surface area contributed by atoms with Gasteiger partial charge in [0.05, 0.1) is 10.8 Å². The van der Waals surface area contributed by atoms with Crippen LogP contribution in [0.5, 0.6) is 0 Å². The second-order valence-electron chi connectivity index (χ2n) is 16.2. The maximum absolute atomic E-state index is 12.7. The standard InChI is InChI=1S/C45H79NO6/c1-9-11-13-15-17-19-21-29-38-50-42(48)44(3,4)35-27-23-25-32-40(52-41(47)34-31-37-46(7)8)33-26-24-28-36-45(5,6)43(49)51-39-30-22-20-18-16-14-12-10-2/h40H,9-20,23-28,31-39H2,1-8H3. The van der Waals surface area contributed by atoms with E-state index in [1.54, 1.807) is 0 Å². The highest BCUT2D eigenvalue weighted by molar-refractivity contribution is 5.76. The van der Waals surface area contributed by atoms with E-state index in [4.69, 9.17) is 14.2 Å². The Hall–Kier alpha value is -2.51. The third-order valence-electron chi connectivity index (χ3n) is 9.66. The number of hydrogen-bond acceptors (Lipinski definition) is 7. The number of carbonyl (C=O) groups is 3. The Morgan fingerprint density at radius 2 is 0.981 bits per heavy atom. The van der Waals surface area contributed by atoms with Crippen molar-refractivity contribution in [2.24, 2.45) is 10.8 Å². The van der Waals surface area contributed by atoms with Crippen LogP contribution in [0.15, 0.2) is 0 Å². The molecule has 300 valence electrons. The monoisotopic (exact) mass is 730 g/mol. The molecule has 0 spiro atoms. The molecule has 0 N–H and O–H groups in total. The van der Waals surface area contributed by atoms with Gasteiger partial charge in [0.2, 0.25) is 0 Å². The first-order valence-electron chi connectivity index (χ1n) is 21.0. The maximum atomic E-state index is 12.7. The van der Waals surface area contributed by atoms with E-state index in [0.29, 0.717) is 6.42 Å². The first-order chi connectivity index (χ1) is 24.9. The van der Waals surface area contributed by atoms with Crippen LogP contribution in [0.25, 0.3) is 0 Å². The Balaban J connectivity index is 4.60. The zero-order chi connectivity index (χ0) is 38.9. The molecule has 0 aliphatic heterocycles. The van der Waals surface area contributed by atoms with Crippen LogP contribution in [0.3, 0.4) is 0 Å². The van der Waals surface area contributed by atoms with Crippen LogP contribution < -0.4 is 0 Å². The van der Waals surface area contributed by atoms with Crippen LogP contribution >= 0.6 is 0 Å². The predicted octanol–water partition coefficient (Wildman–Crippen LogP) is 11.0. The molecule has 0 saturated heterocycles. The van der Waals surface area contributed by atoms with Gasteiger partial charge < -0.3 is 19.1 Å². The third-order valence-corrected chi connectivity index (χ3v) is 9.66. The highest BCUT2D eigenvalue weighted by atomic mass is 16.5. The first kappa shape index (κ1) is 49.5. The molecule has 7 heteroatoms. The predicted molar refractivity (Wildman–Crippen MR) is 216 cm³/mol. The topological polar surface area (TPSA) is 82.1 Å². The Morgan fingerprint density at radius 1 is 0.558 bits per heavy atom. The Bertz CT molecular complexity index is 987. The third kappa shape index (κ3) is 29.0. The normalized spacial score (nSPS) is 11.5. The number of carbonyl (C=O) groups excluding carboxylic acids is 3. The van der Waals surface area contributed by atoms with Gasteiger partial charge in [-0.3, -0.25) is 14.4 Å². The SMILES string of the molecule is CCCCCCCC#CCOC(=O)C(C)(C)CCCCCC(CCCCCC(C)(C)C(=O)OCC#CCCCCCCC)OC(=O)CCCN(C)C. The zero-order valence-corrected chi connectivity index (χ0v) is 35.1. The van der Waals surface area contributed by atoms with Gasteiger partial charge in [-0.15, -0.1) is 0 Å². The summed E-state index contributed by atoms with van der Waals surface area (Å²) in [5.74, 6) is 11.7. The number of esters is 3. The van der Waals surface area contributed by atoms with Gasteiger partial charge in [0, 0.05) is 19.3 Å². The second-order valence-corrected chi connectivity index (χ2v) is 16.2. The highest BCUT2D eigenvalue weighted by Crippen LogP contribution is 2.28. The van der Waals surface area contributed by atoms with Crippen LogP contribution in [0.4, 0.5) is 0 Å². The molecule has 0 amide bonds. The van der Waals surface area contributed by atoms with E-state index in [-0.39, 0.29) is 37.2 Å². The van der Waals surface area contributed by atoms with Crippen molar-refractivity contribution >= 4 is 17.9 Å². The van der Waals surface area contributed by atoms with E-state index < -0.39 is 10.8 Å². The summed E-state index contributed by atoms with van der Waals surface area (Å²) < 4.78 is 16.9. The second kappa shape index (κ2) is 32.0. The quantitative estimate of drug-likeness (QED) is 0.0304. The molecule has 0 radical (unpaired) electrons. The fourth-order valence-electron chi connectivity index (χ4n) is 5.99. The summed E-state index contributed by atoms with van der Waals surface area (Å²) in [6, 6.07) is 0. The molecule has 0 unspecified atom stereocenters. The summed E-state index contributed by atoms with van der Waals surface area (Å²) in [4.78, 5) is 40.1. The summed E-state index contributed by atoms with van der Waals surface area (Å²) in [6.45, 7) is 13.4. The van der Waals surface area contributed by atoms with Crippen LogP contribution in [-0.4, -0.2) is 62.8 Å². The van der Waals surface area contributed by atoms with Crippen molar-refractivity contribution in [3.05, 3.63) is 0 Å². The Morgan fingerprint density at radius 3 is 1.40 bits per heavy atom. The van der Waals surface area contributed by atoms with Gasteiger partial charge >= 0.3 is 17.9 Å². The molecule has 0 atom stereocenters. The van der Waals surface area contributed by atoms with Crippen molar-refractivity contribution < 1.29 is 28.6 Å². The first-order valence-corrected chi connectivity index (χ1v) is 21.0. The molecule has 0 bridgehead atoms. The average molecular weight is 730 g/mol. The molecular formula is C45H79NO6. The van der Waals surface area contributed by atoms with Gasteiger partial charge in [-0.05, 0) is 106 Å². The maximum Gasteiger partial charge on any atom is 0.312 e. The van der Waals surface area contributed by atoms with Crippen molar-refractivity contribution in [3.8, 4) is 23.7 Å². The molecule has 52 heavy (non-hydrogen) atoms. The number of unbranched alkanes of at least 4 members (excludes halogenated alkanes) is 14. The van der Waals surface area contributed by atoms with Crippen molar-refractivity contribution in [3.63, 3.8) is 0 Å². The van der Waals surface area contributed by atoms with Crippen molar-refractivity contribution in [2.45, 2.75) is 202 Å². The van der Waals surface area contributed by atoms with Crippen molar-refractivity contribution in [1.29, 1.82) is 0 Å². The minimum Gasteiger partial charge on any atom is -0.462 e. The highest BCUT2D eigenvalue weighted by Gasteiger charge is 2.29. The zero-order valence-electron chi connectivity index (χ0n) is 35.1. The molecule has 0 aromatic heterocycles. The molecule has 0 fully saturated rings. The number of nitrogens with zero attached hydrogens (tertiary/aromatic N) is 1. The fourth-order valence-corrected chi connectivity index (χ4v) is 5.99. The molecule has 0 aliphatic carbocycles. The minimum atomic E-state index is -0.554. The largest absolute Gasteiger partial charge is 0.462 e. The molecule has 0 aromatic carbocycles. The van der Waals surface area contributed by atoms with Crippen LogP contribution in [0.1, 0.15) is 196 Å². The molecule has 0 heterocycles. The van der Waals surface area contributed by atoms with Gasteiger partial charge in [-0.2, -0.15) is 0 Å². The number of ether oxygens (including phenoxy) is 3. The van der Waals surface area contributed by atoms with E-state index in [0.717, 1.165) is 103 Å². The summed E-state index contributed by atoms with van der Waals surface area (Å²) in [7, 11) is 4.01. The van der Waals surface area contributed by atoms with Gasteiger partial charge in [0.1, 0.15) is 6.10 Å². The van der Waals surface area contributed by atoms with Crippen molar-refractivity contribution in [1.82, 2.24) is 4.90 Å². The molecule has 0 aromatic rings. The lowest BCUT2D eigenvalue weighted by atomic mass is 9.86. The van der Waals surface area contributed by atoms with Gasteiger partial charge in [0.25, 0.3) is 0 Å². The van der Waals surface area contributed by atoms with Crippen LogP contribution in [0.2, 0.25) is 0 Å². The lowest BCUT2D eigenvalue weighted by Crippen LogP contribution is -2.27. The fraction of sp³-hybridized carbons (Fsp3) is 0.844. The average Bonchev–Trinajstić information content (AvgIpc) is 3.09. The lowest BCUT2D eigenvalue weighted by Gasteiger charge is -2.23.